The number of pyridine rings is 1. The molecule has 0 bridgehead atoms. The Morgan fingerprint density at radius 1 is 1.00 bits per heavy atom. The molecule has 1 amide bonds. The van der Waals surface area contributed by atoms with E-state index in [1.807, 2.05) is 24.4 Å². The fourth-order valence-corrected chi connectivity index (χ4v) is 2.97. The summed E-state index contributed by atoms with van der Waals surface area (Å²) in [5.41, 5.74) is 3.51. The molecule has 4 rings (SSSR count). The van der Waals surface area contributed by atoms with Gasteiger partial charge in [-0.2, -0.15) is 0 Å². The maximum atomic E-state index is 13.4. The van der Waals surface area contributed by atoms with Crippen LogP contribution in [-0.2, 0) is 13.6 Å². The van der Waals surface area contributed by atoms with Gasteiger partial charge in [-0.3, -0.25) is 9.78 Å². The molecule has 0 aliphatic carbocycles. The van der Waals surface area contributed by atoms with Crippen molar-refractivity contribution in [1.29, 1.82) is 0 Å². The van der Waals surface area contributed by atoms with Crippen LogP contribution in [0.25, 0.3) is 22.5 Å². The van der Waals surface area contributed by atoms with Gasteiger partial charge in [0.05, 0.1) is 12.2 Å². The molecule has 0 aliphatic rings. The van der Waals surface area contributed by atoms with Crippen LogP contribution in [0.4, 0.5) is 4.39 Å². The van der Waals surface area contributed by atoms with E-state index < -0.39 is 0 Å². The average molecular weight is 387 g/mol. The van der Waals surface area contributed by atoms with Crippen LogP contribution in [0, 0.1) is 5.82 Å². The molecular formula is C22H18FN5O. The molecule has 7 heteroatoms. The summed E-state index contributed by atoms with van der Waals surface area (Å²) in [7, 11) is 1.81. The number of rotatable bonds is 5. The Kier molecular flexibility index (Phi) is 5.11. The lowest BCUT2D eigenvalue weighted by Gasteiger charge is -2.05. The molecule has 3 aromatic heterocycles. The molecule has 0 atom stereocenters. The highest BCUT2D eigenvalue weighted by Gasteiger charge is 2.13. The van der Waals surface area contributed by atoms with Gasteiger partial charge < -0.3 is 9.88 Å². The number of aromatic nitrogens is 4. The molecule has 0 unspecified atom stereocenters. The zero-order chi connectivity index (χ0) is 20.2. The average Bonchev–Trinajstić information content (AvgIpc) is 3.14. The van der Waals surface area contributed by atoms with E-state index in [-0.39, 0.29) is 11.7 Å². The lowest BCUT2D eigenvalue weighted by atomic mass is 10.1. The van der Waals surface area contributed by atoms with Gasteiger partial charge in [0, 0.05) is 48.5 Å². The van der Waals surface area contributed by atoms with Crippen LogP contribution in [-0.4, -0.2) is 25.4 Å². The minimum absolute atomic E-state index is 0.193. The highest BCUT2D eigenvalue weighted by atomic mass is 19.1. The topological polar surface area (TPSA) is 72.7 Å². The molecule has 144 valence electrons. The number of amides is 1. The Balaban J connectivity index is 1.50. The fraction of sp³-hybridized carbons (Fsp3) is 0.0909. The standard InChI is InChI=1S/C22H18FN5O/c1-28-14-16(10-20(28)22(29)27-13-19-7-2-3-8-24-19)17-11-25-21(26-12-17)15-5-4-6-18(23)9-15/h2-12,14H,13H2,1H3,(H,27,29). The molecule has 1 aromatic carbocycles. The quantitative estimate of drug-likeness (QED) is 0.568. The number of aryl methyl sites for hydroxylation is 1. The van der Waals surface area contributed by atoms with Gasteiger partial charge in [-0.25, -0.2) is 14.4 Å². The number of benzene rings is 1. The van der Waals surface area contributed by atoms with Crippen LogP contribution < -0.4 is 5.32 Å². The smallest absolute Gasteiger partial charge is 0.268 e. The molecule has 6 nitrogen and oxygen atoms in total. The third-order valence-corrected chi connectivity index (χ3v) is 4.46. The monoisotopic (exact) mass is 387 g/mol. The van der Waals surface area contributed by atoms with Crippen molar-refractivity contribution in [2.24, 2.45) is 7.05 Å². The van der Waals surface area contributed by atoms with Crippen molar-refractivity contribution >= 4 is 5.91 Å². The number of nitrogens with zero attached hydrogens (tertiary/aromatic N) is 4. The van der Waals surface area contributed by atoms with Crippen molar-refractivity contribution in [3.8, 4) is 22.5 Å². The molecule has 0 spiro atoms. The van der Waals surface area contributed by atoms with E-state index in [1.54, 1.807) is 48.4 Å². The second kappa shape index (κ2) is 8.02. The van der Waals surface area contributed by atoms with Gasteiger partial charge >= 0.3 is 0 Å². The first-order valence-corrected chi connectivity index (χ1v) is 9.03. The minimum atomic E-state index is -0.334. The van der Waals surface area contributed by atoms with Gasteiger partial charge in [-0.15, -0.1) is 0 Å². The number of carbonyl (C=O) groups is 1. The van der Waals surface area contributed by atoms with Crippen molar-refractivity contribution in [2.75, 3.05) is 0 Å². The second-order valence-electron chi connectivity index (χ2n) is 6.53. The summed E-state index contributed by atoms with van der Waals surface area (Å²) < 4.78 is 15.1. The summed E-state index contributed by atoms with van der Waals surface area (Å²) in [6.07, 6.45) is 6.86. The summed E-state index contributed by atoms with van der Waals surface area (Å²) in [6, 6.07) is 13.5. The summed E-state index contributed by atoms with van der Waals surface area (Å²) in [5, 5.41) is 2.87. The SMILES string of the molecule is Cn1cc(-c2cnc(-c3cccc(F)c3)nc2)cc1C(=O)NCc1ccccn1. The van der Waals surface area contributed by atoms with Crippen LogP contribution in [0.1, 0.15) is 16.2 Å². The van der Waals surface area contributed by atoms with Gasteiger partial charge in [0.2, 0.25) is 0 Å². The first-order chi connectivity index (χ1) is 14.1. The molecule has 0 saturated carbocycles. The third kappa shape index (κ3) is 4.19. The Bertz CT molecular complexity index is 1140. The predicted molar refractivity (Wildman–Crippen MR) is 107 cm³/mol. The second-order valence-corrected chi connectivity index (χ2v) is 6.53. The van der Waals surface area contributed by atoms with E-state index in [4.69, 9.17) is 0 Å². The third-order valence-electron chi connectivity index (χ3n) is 4.46. The largest absolute Gasteiger partial charge is 0.346 e. The van der Waals surface area contributed by atoms with Crippen molar-refractivity contribution in [2.45, 2.75) is 6.54 Å². The minimum Gasteiger partial charge on any atom is -0.346 e. The summed E-state index contributed by atoms with van der Waals surface area (Å²) in [6.45, 7) is 0.353. The van der Waals surface area contributed by atoms with Gasteiger partial charge in [-0.1, -0.05) is 18.2 Å². The molecule has 0 saturated heterocycles. The van der Waals surface area contributed by atoms with Crippen LogP contribution in [0.3, 0.4) is 0 Å². The molecule has 0 radical (unpaired) electrons. The lowest BCUT2D eigenvalue weighted by Crippen LogP contribution is -2.25. The summed E-state index contributed by atoms with van der Waals surface area (Å²) >= 11 is 0. The fourth-order valence-electron chi connectivity index (χ4n) is 2.97. The molecule has 4 aromatic rings. The van der Waals surface area contributed by atoms with Crippen molar-refractivity contribution in [3.63, 3.8) is 0 Å². The van der Waals surface area contributed by atoms with Crippen LogP contribution in [0.5, 0.6) is 0 Å². The number of carbonyl (C=O) groups excluding carboxylic acids is 1. The first-order valence-electron chi connectivity index (χ1n) is 9.03. The molecule has 3 heterocycles. The van der Waals surface area contributed by atoms with E-state index in [1.165, 1.54) is 12.1 Å². The lowest BCUT2D eigenvalue weighted by molar-refractivity contribution is 0.0942. The first kappa shape index (κ1) is 18.5. The predicted octanol–water partition coefficient (Wildman–Crippen LogP) is 3.61. The van der Waals surface area contributed by atoms with Crippen LogP contribution in [0.2, 0.25) is 0 Å². The van der Waals surface area contributed by atoms with E-state index in [9.17, 15) is 9.18 Å². The zero-order valence-corrected chi connectivity index (χ0v) is 15.7. The Hall–Kier alpha value is -3.87. The maximum Gasteiger partial charge on any atom is 0.268 e. The summed E-state index contributed by atoms with van der Waals surface area (Å²) in [4.78, 5) is 25.4. The highest BCUT2D eigenvalue weighted by molar-refractivity contribution is 5.94. The summed E-state index contributed by atoms with van der Waals surface area (Å²) in [5.74, 6) is -0.0844. The van der Waals surface area contributed by atoms with E-state index >= 15 is 0 Å². The number of hydrogen-bond acceptors (Lipinski definition) is 4. The Morgan fingerprint density at radius 2 is 1.83 bits per heavy atom. The number of hydrogen-bond donors (Lipinski definition) is 1. The normalized spacial score (nSPS) is 10.7. The molecule has 0 fully saturated rings. The molecule has 0 aliphatic heterocycles. The Morgan fingerprint density at radius 3 is 2.55 bits per heavy atom. The van der Waals surface area contributed by atoms with E-state index in [0.29, 0.717) is 23.6 Å². The van der Waals surface area contributed by atoms with Gasteiger partial charge in [0.1, 0.15) is 11.5 Å². The highest BCUT2D eigenvalue weighted by Crippen LogP contribution is 2.23. The molecule has 29 heavy (non-hydrogen) atoms. The van der Waals surface area contributed by atoms with E-state index in [2.05, 4.69) is 20.3 Å². The molecular weight excluding hydrogens is 369 g/mol. The van der Waals surface area contributed by atoms with Crippen molar-refractivity contribution in [3.05, 3.63) is 90.5 Å². The maximum absolute atomic E-state index is 13.4. The molecule has 1 N–H and O–H groups in total. The van der Waals surface area contributed by atoms with Crippen LogP contribution in [0.15, 0.2) is 73.3 Å². The van der Waals surface area contributed by atoms with E-state index in [0.717, 1.165) is 16.8 Å². The van der Waals surface area contributed by atoms with Crippen molar-refractivity contribution < 1.29 is 9.18 Å². The zero-order valence-electron chi connectivity index (χ0n) is 15.7. The van der Waals surface area contributed by atoms with Gasteiger partial charge in [0.25, 0.3) is 5.91 Å². The number of halogens is 1. The van der Waals surface area contributed by atoms with Crippen molar-refractivity contribution in [1.82, 2.24) is 24.8 Å². The van der Waals surface area contributed by atoms with Gasteiger partial charge in [-0.05, 0) is 30.3 Å². The van der Waals surface area contributed by atoms with Crippen LogP contribution >= 0.6 is 0 Å². The Labute approximate surface area is 167 Å². The van der Waals surface area contributed by atoms with Gasteiger partial charge in [0.15, 0.2) is 5.82 Å². The number of nitrogens with one attached hydrogen (secondary N) is 1.